The van der Waals surface area contributed by atoms with Crippen molar-refractivity contribution >= 4 is 17.5 Å². The first kappa shape index (κ1) is 16.6. The fourth-order valence-corrected chi connectivity index (χ4v) is 2.89. The summed E-state index contributed by atoms with van der Waals surface area (Å²) in [5.74, 6) is 0.741. The van der Waals surface area contributed by atoms with Crippen molar-refractivity contribution in [3.63, 3.8) is 0 Å². The van der Waals surface area contributed by atoms with Crippen LogP contribution in [0.3, 0.4) is 0 Å². The van der Waals surface area contributed by atoms with Gasteiger partial charge in [-0.1, -0.05) is 0 Å². The highest BCUT2D eigenvalue weighted by molar-refractivity contribution is 6.13. The zero-order chi connectivity index (χ0) is 17.2. The smallest absolute Gasteiger partial charge is 0.240 e. The molecule has 1 saturated heterocycles. The Morgan fingerprint density at radius 2 is 1.88 bits per heavy atom. The van der Waals surface area contributed by atoms with Crippen LogP contribution in [0.25, 0.3) is 0 Å². The minimum Gasteiger partial charge on any atom is -0.497 e. The van der Waals surface area contributed by atoms with Crippen LogP contribution in [0.4, 0.5) is 5.69 Å². The maximum absolute atomic E-state index is 12.8. The third-order valence-electron chi connectivity index (χ3n) is 4.55. The summed E-state index contributed by atoms with van der Waals surface area (Å²) < 4.78 is 15.7. The maximum atomic E-state index is 12.8. The minimum atomic E-state index is -0.953. The number of morpholine rings is 1. The van der Waals surface area contributed by atoms with Crippen LogP contribution in [0.5, 0.6) is 11.5 Å². The van der Waals surface area contributed by atoms with Crippen molar-refractivity contribution < 1.29 is 23.8 Å². The molecular formula is C17H22N2O5. The number of nitrogens with zero attached hydrogens (tertiary/aromatic N) is 1. The number of nitrogens with one attached hydrogen (secondary N) is 1. The number of hydrogen-bond acceptors (Lipinski definition) is 5. The molecule has 2 amide bonds. The summed E-state index contributed by atoms with van der Waals surface area (Å²) in [4.78, 5) is 27.2. The number of amides is 2. The maximum Gasteiger partial charge on any atom is 0.240 e. The first-order valence-electron chi connectivity index (χ1n) is 8.01. The molecule has 1 aliphatic heterocycles. The van der Waals surface area contributed by atoms with Crippen molar-refractivity contribution in [1.82, 2.24) is 4.90 Å². The van der Waals surface area contributed by atoms with Crippen molar-refractivity contribution in [2.24, 2.45) is 5.41 Å². The van der Waals surface area contributed by atoms with Crippen LogP contribution < -0.4 is 14.8 Å². The Morgan fingerprint density at radius 3 is 2.46 bits per heavy atom. The van der Waals surface area contributed by atoms with E-state index in [0.717, 1.165) is 0 Å². The number of rotatable bonds is 5. The van der Waals surface area contributed by atoms with Crippen LogP contribution in [0, 0.1) is 5.41 Å². The Hall–Kier alpha value is -2.28. The van der Waals surface area contributed by atoms with E-state index in [-0.39, 0.29) is 11.8 Å². The van der Waals surface area contributed by atoms with Gasteiger partial charge in [0.05, 0.1) is 33.1 Å². The molecule has 0 aromatic heterocycles. The molecule has 1 aliphatic carbocycles. The topological polar surface area (TPSA) is 77.1 Å². The molecule has 24 heavy (non-hydrogen) atoms. The van der Waals surface area contributed by atoms with Gasteiger partial charge in [0.1, 0.15) is 16.9 Å². The van der Waals surface area contributed by atoms with Crippen molar-refractivity contribution in [1.29, 1.82) is 0 Å². The quantitative estimate of drug-likeness (QED) is 0.821. The SMILES string of the molecule is COc1ccc(OC)c(NC(=O)C2(C(=O)N3CCOCC3)CC2)c1. The summed E-state index contributed by atoms with van der Waals surface area (Å²) in [5.41, 5.74) is -0.450. The normalized spacial score (nSPS) is 18.7. The van der Waals surface area contributed by atoms with Crippen LogP contribution in [-0.2, 0) is 14.3 Å². The van der Waals surface area contributed by atoms with Gasteiger partial charge in [-0.15, -0.1) is 0 Å². The number of methoxy groups -OCH3 is 2. The molecule has 1 N–H and O–H groups in total. The predicted octanol–water partition coefficient (Wildman–Crippen LogP) is 1.28. The average Bonchev–Trinajstić information content (AvgIpc) is 3.43. The molecule has 0 atom stereocenters. The van der Waals surface area contributed by atoms with Gasteiger partial charge in [-0.2, -0.15) is 0 Å². The van der Waals surface area contributed by atoms with E-state index >= 15 is 0 Å². The van der Waals surface area contributed by atoms with Gasteiger partial charge in [-0.3, -0.25) is 9.59 Å². The van der Waals surface area contributed by atoms with Gasteiger partial charge in [-0.25, -0.2) is 0 Å². The summed E-state index contributed by atoms with van der Waals surface area (Å²) in [5, 5.41) is 2.84. The zero-order valence-corrected chi connectivity index (χ0v) is 14.0. The average molecular weight is 334 g/mol. The summed E-state index contributed by atoms with van der Waals surface area (Å²) in [7, 11) is 3.08. The van der Waals surface area contributed by atoms with Gasteiger partial charge in [-0.05, 0) is 25.0 Å². The Kier molecular flexibility index (Phi) is 4.62. The molecule has 2 aliphatic rings. The second-order valence-electron chi connectivity index (χ2n) is 6.01. The second-order valence-corrected chi connectivity index (χ2v) is 6.01. The van der Waals surface area contributed by atoms with Crippen molar-refractivity contribution in [2.75, 3.05) is 45.8 Å². The zero-order valence-electron chi connectivity index (χ0n) is 14.0. The molecule has 1 aromatic rings. The van der Waals surface area contributed by atoms with Crippen LogP contribution in [0.2, 0.25) is 0 Å². The van der Waals surface area contributed by atoms with E-state index in [1.165, 1.54) is 7.11 Å². The molecule has 2 fully saturated rings. The molecule has 1 aromatic carbocycles. The molecule has 0 radical (unpaired) electrons. The second kappa shape index (κ2) is 6.68. The van der Waals surface area contributed by atoms with Crippen LogP contribution in [0.15, 0.2) is 18.2 Å². The predicted molar refractivity (Wildman–Crippen MR) is 87.2 cm³/mol. The molecule has 0 unspecified atom stereocenters. The summed E-state index contributed by atoms with van der Waals surface area (Å²) in [6.07, 6.45) is 1.14. The van der Waals surface area contributed by atoms with Crippen molar-refractivity contribution in [3.05, 3.63) is 18.2 Å². The fraction of sp³-hybridized carbons (Fsp3) is 0.529. The van der Waals surface area contributed by atoms with Gasteiger partial charge >= 0.3 is 0 Å². The Morgan fingerprint density at radius 1 is 1.17 bits per heavy atom. The first-order chi connectivity index (χ1) is 11.6. The largest absolute Gasteiger partial charge is 0.497 e. The Bertz CT molecular complexity index is 636. The van der Waals surface area contributed by atoms with E-state index in [2.05, 4.69) is 5.32 Å². The highest BCUT2D eigenvalue weighted by atomic mass is 16.5. The first-order valence-corrected chi connectivity index (χ1v) is 8.01. The lowest BCUT2D eigenvalue weighted by Gasteiger charge is -2.30. The van der Waals surface area contributed by atoms with Crippen molar-refractivity contribution in [3.8, 4) is 11.5 Å². The van der Waals surface area contributed by atoms with Gasteiger partial charge in [0.2, 0.25) is 11.8 Å². The Labute approximate surface area is 140 Å². The van der Waals surface area contributed by atoms with E-state index in [0.29, 0.717) is 56.3 Å². The number of benzene rings is 1. The van der Waals surface area contributed by atoms with Crippen LogP contribution >= 0.6 is 0 Å². The molecule has 130 valence electrons. The van der Waals surface area contributed by atoms with Gasteiger partial charge < -0.3 is 24.4 Å². The Balaban J connectivity index is 1.75. The fourth-order valence-electron chi connectivity index (χ4n) is 2.89. The van der Waals surface area contributed by atoms with Gasteiger partial charge in [0, 0.05) is 19.2 Å². The highest BCUT2D eigenvalue weighted by Crippen LogP contribution is 2.48. The molecule has 1 heterocycles. The standard InChI is InChI=1S/C17H22N2O5/c1-22-12-3-4-14(23-2)13(11-12)18-15(20)17(5-6-17)16(21)19-7-9-24-10-8-19/h3-4,11H,5-10H2,1-2H3,(H,18,20). The molecule has 3 rings (SSSR count). The molecule has 7 heteroatoms. The highest BCUT2D eigenvalue weighted by Gasteiger charge is 2.58. The third kappa shape index (κ3) is 3.03. The molecule has 0 spiro atoms. The van der Waals surface area contributed by atoms with Gasteiger partial charge in [0.25, 0.3) is 0 Å². The minimum absolute atomic E-state index is 0.106. The lowest BCUT2D eigenvalue weighted by molar-refractivity contribution is -0.145. The summed E-state index contributed by atoms with van der Waals surface area (Å²) in [6.45, 7) is 2.12. The van der Waals surface area contributed by atoms with Crippen molar-refractivity contribution in [2.45, 2.75) is 12.8 Å². The van der Waals surface area contributed by atoms with E-state index in [4.69, 9.17) is 14.2 Å². The monoisotopic (exact) mass is 334 g/mol. The molecule has 1 saturated carbocycles. The number of ether oxygens (including phenoxy) is 3. The molecule has 7 nitrogen and oxygen atoms in total. The van der Waals surface area contributed by atoms with E-state index in [1.54, 1.807) is 30.2 Å². The molecule has 0 bridgehead atoms. The van der Waals surface area contributed by atoms with E-state index in [9.17, 15) is 9.59 Å². The summed E-state index contributed by atoms with van der Waals surface area (Å²) >= 11 is 0. The van der Waals surface area contributed by atoms with Gasteiger partial charge in [0.15, 0.2) is 0 Å². The van der Waals surface area contributed by atoms with Crippen LogP contribution in [0.1, 0.15) is 12.8 Å². The third-order valence-corrected chi connectivity index (χ3v) is 4.55. The summed E-state index contributed by atoms with van der Waals surface area (Å²) in [6, 6.07) is 5.16. The van der Waals surface area contributed by atoms with E-state index < -0.39 is 5.41 Å². The number of carbonyl (C=O) groups is 2. The van der Waals surface area contributed by atoms with E-state index in [1.807, 2.05) is 0 Å². The number of anilines is 1. The molecular weight excluding hydrogens is 312 g/mol. The van der Waals surface area contributed by atoms with Crippen LogP contribution in [-0.4, -0.2) is 57.2 Å². The lowest BCUT2D eigenvalue weighted by atomic mass is 10.0. The number of hydrogen-bond donors (Lipinski definition) is 1. The lowest BCUT2D eigenvalue weighted by Crippen LogP contribution is -2.47. The number of carbonyl (C=O) groups excluding carboxylic acids is 2.